The monoisotopic (exact) mass is 610 g/mol. The molecule has 12 heteroatoms. The molecular weight excluding hydrogens is 580 g/mol. The number of hydrogen-bond acceptors (Lipinski definition) is 9. The molecule has 2 aliphatic heterocycles. The molecular formula is C33H30N4O8. The maximum absolute atomic E-state index is 13.2. The predicted octanol–water partition coefficient (Wildman–Crippen LogP) is 2.71. The van der Waals surface area contributed by atoms with Gasteiger partial charge in [0.05, 0.1) is 30.9 Å². The quantitative estimate of drug-likeness (QED) is 0.182. The van der Waals surface area contributed by atoms with Gasteiger partial charge in [0.1, 0.15) is 30.0 Å². The molecule has 12 nitrogen and oxygen atoms in total. The second-order valence-electron chi connectivity index (χ2n) is 10.7. The normalized spacial score (nSPS) is 17.0. The first-order valence-corrected chi connectivity index (χ1v) is 14.6. The van der Waals surface area contributed by atoms with Gasteiger partial charge < -0.3 is 19.2 Å². The van der Waals surface area contributed by atoms with Gasteiger partial charge in [0.2, 0.25) is 17.7 Å². The van der Waals surface area contributed by atoms with Crippen LogP contribution in [0.5, 0.6) is 0 Å². The summed E-state index contributed by atoms with van der Waals surface area (Å²) in [5, 5.41) is 6.07. The molecule has 0 saturated carbocycles. The Labute approximate surface area is 257 Å². The number of pyridine rings is 1. The van der Waals surface area contributed by atoms with Gasteiger partial charge >= 0.3 is 0 Å². The first-order valence-electron chi connectivity index (χ1n) is 14.6. The van der Waals surface area contributed by atoms with E-state index in [2.05, 4.69) is 15.6 Å². The molecule has 2 unspecified atom stereocenters. The van der Waals surface area contributed by atoms with E-state index in [-0.39, 0.29) is 56.3 Å². The number of carbonyl (C=O) groups excluding carboxylic acids is 5. The van der Waals surface area contributed by atoms with Crippen LogP contribution in [-0.2, 0) is 30.3 Å². The zero-order valence-corrected chi connectivity index (χ0v) is 24.2. The highest BCUT2D eigenvalue weighted by Gasteiger charge is 2.45. The second-order valence-corrected chi connectivity index (χ2v) is 10.7. The third-order valence-corrected chi connectivity index (χ3v) is 7.73. The first-order chi connectivity index (χ1) is 21.9. The molecule has 0 aliphatic carbocycles. The van der Waals surface area contributed by atoms with Gasteiger partial charge in [0.25, 0.3) is 11.8 Å². The van der Waals surface area contributed by atoms with Gasteiger partial charge in [0.15, 0.2) is 0 Å². The minimum atomic E-state index is -1.02. The lowest BCUT2D eigenvalue weighted by Crippen LogP contribution is -2.54. The molecule has 1 fully saturated rings. The summed E-state index contributed by atoms with van der Waals surface area (Å²) in [5.41, 5.74) is 2.57. The van der Waals surface area contributed by atoms with Crippen molar-refractivity contribution in [2.24, 2.45) is 0 Å². The molecule has 0 spiro atoms. The van der Waals surface area contributed by atoms with Crippen LogP contribution in [0.4, 0.5) is 0 Å². The van der Waals surface area contributed by atoms with Crippen LogP contribution in [0.2, 0.25) is 0 Å². The lowest BCUT2D eigenvalue weighted by Gasteiger charge is -2.27. The van der Waals surface area contributed by atoms with Crippen molar-refractivity contribution in [2.45, 2.75) is 31.3 Å². The average molecular weight is 611 g/mol. The van der Waals surface area contributed by atoms with Crippen LogP contribution in [0.25, 0.3) is 11.0 Å². The molecule has 230 valence electrons. The van der Waals surface area contributed by atoms with Crippen LogP contribution >= 0.6 is 0 Å². The van der Waals surface area contributed by atoms with E-state index >= 15 is 0 Å². The number of piperidine rings is 1. The topological polar surface area (TPSA) is 157 Å². The molecule has 0 radical (unpaired) electrons. The van der Waals surface area contributed by atoms with Crippen molar-refractivity contribution in [3.63, 3.8) is 0 Å². The van der Waals surface area contributed by atoms with Crippen LogP contribution < -0.4 is 10.6 Å². The summed E-state index contributed by atoms with van der Waals surface area (Å²) in [7, 11) is 0. The van der Waals surface area contributed by atoms with Gasteiger partial charge in [-0.25, -0.2) is 0 Å². The molecule has 5 amide bonds. The van der Waals surface area contributed by atoms with Crippen LogP contribution in [0.3, 0.4) is 0 Å². The van der Waals surface area contributed by atoms with Gasteiger partial charge in [-0.1, -0.05) is 36.4 Å². The minimum absolute atomic E-state index is 0.0562. The van der Waals surface area contributed by atoms with Crippen LogP contribution in [0.1, 0.15) is 56.5 Å². The smallest absolute Gasteiger partial charge is 0.262 e. The second kappa shape index (κ2) is 13.2. The number of rotatable bonds is 12. The standard InChI is InChI=1S/C33H30N4O8/c38-27-11-10-24(31(40)36-27)37-32(41)23-8-3-6-20(29(23)33(37)42)12-14-43-15-16-44-19-28(39)35-30(22-7-4-13-34-18-22)26-17-21-5-1-2-9-25(21)45-26/h1-9,13,17-18,24,30H,10-12,14-16,19H2,(H,35,39)(H,36,38,40). The zero-order chi connectivity index (χ0) is 31.3. The Bertz CT molecular complexity index is 1740. The lowest BCUT2D eigenvalue weighted by molar-refractivity contribution is -0.136. The van der Waals surface area contributed by atoms with Gasteiger partial charge in [-0.3, -0.25) is 39.2 Å². The number of ether oxygens (including phenoxy) is 2. The summed E-state index contributed by atoms with van der Waals surface area (Å²) in [4.78, 5) is 68.0. The number of aromatic nitrogens is 1. The molecule has 45 heavy (non-hydrogen) atoms. The van der Waals surface area contributed by atoms with Crippen LogP contribution in [-0.4, -0.2) is 71.9 Å². The van der Waals surface area contributed by atoms with Crippen LogP contribution in [0.15, 0.2) is 77.5 Å². The number of imide groups is 2. The Morgan fingerprint density at radius 3 is 2.64 bits per heavy atom. The fraction of sp³-hybridized carbons (Fsp3) is 0.273. The van der Waals surface area contributed by atoms with Crippen molar-refractivity contribution in [3.8, 4) is 0 Å². The maximum Gasteiger partial charge on any atom is 0.262 e. The molecule has 6 rings (SSSR count). The molecule has 4 aromatic rings. The first kappa shape index (κ1) is 29.9. The largest absolute Gasteiger partial charge is 0.459 e. The average Bonchev–Trinajstić information content (AvgIpc) is 3.58. The molecule has 2 atom stereocenters. The lowest BCUT2D eigenvalue weighted by atomic mass is 10.0. The number of benzene rings is 2. The molecule has 4 heterocycles. The van der Waals surface area contributed by atoms with Crippen molar-refractivity contribution < 1.29 is 37.9 Å². The Morgan fingerprint density at radius 2 is 1.84 bits per heavy atom. The van der Waals surface area contributed by atoms with Crippen molar-refractivity contribution in [1.82, 2.24) is 20.5 Å². The van der Waals surface area contributed by atoms with Crippen molar-refractivity contribution in [3.05, 3.63) is 101 Å². The Kier molecular flexibility index (Phi) is 8.76. The highest BCUT2D eigenvalue weighted by atomic mass is 16.5. The van der Waals surface area contributed by atoms with Crippen molar-refractivity contribution in [1.29, 1.82) is 0 Å². The van der Waals surface area contributed by atoms with Gasteiger partial charge in [-0.05, 0) is 42.7 Å². The van der Waals surface area contributed by atoms with E-state index in [9.17, 15) is 24.0 Å². The summed E-state index contributed by atoms with van der Waals surface area (Å²) in [5.74, 6) is -1.94. The minimum Gasteiger partial charge on any atom is -0.459 e. The number of carbonyl (C=O) groups is 5. The maximum atomic E-state index is 13.2. The Hall–Kier alpha value is -5.20. The Balaban J connectivity index is 0.978. The van der Waals surface area contributed by atoms with Crippen molar-refractivity contribution in [2.75, 3.05) is 26.4 Å². The van der Waals surface area contributed by atoms with E-state index in [0.29, 0.717) is 23.3 Å². The van der Waals surface area contributed by atoms with E-state index in [0.717, 1.165) is 15.8 Å². The number of fused-ring (bicyclic) bond motifs is 2. The van der Waals surface area contributed by atoms with E-state index in [1.54, 1.807) is 36.7 Å². The third kappa shape index (κ3) is 6.37. The van der Waals surface area contributed by atoms with Gasteiger partial charge in [-0.2, -0.15) is 0 Å². The summed E-state index contributed by atoms with van der Waals surface area (Å²) in [6.45, 7) is 0.400. The summed E-state index contributed by atoms with van der Waals surface area (Å²) < 4.78 is 17.2. The van der Waals surface area contributed by atoms with Crippen LogP contribution in [0, 0.1) is 0 Å². The number of para-hydroxylation sites is 1. The fourth-order valence-corrected chi connectivity index (χ4v) is 5.57. The van der Waals surface area contributed by atoms with Gasteiger partial charge in [-0.15, -0.1) is 0 Å². The molecule has 1 saturated heterocycles. The number of nitrogens with zero attached hydrogens (tertiary/aromatic N) is 2. The van der Waals surface area contributed by atoms with E-state index in [1.807, 2.05) is 36.4 Å². The molecule has 2 N–H and O–H groups in total. The van der Waals surface area contributed by atoms with E-state index < -0.39 is 35.7 Å². The van der Waals surface area contributed by atoms with E-state index in [1.165, 1.54) is 0 Å². The number of hydrogen-bond donors (Lipinski definition) is 2. The van der Waals surface area contributed by atoms with E-state index in [4.69, 9.17) is 13.9 Å². The van der Waals surface area contributed by atoms with Gasteiger partial charge in [0, 0.05) is 29.8 Å². The van der Waals surface area contributed by atoms with Crippen molar-refractivity contribution >= 4 is 40.5 Å². The highest BCUT2D eigenvalue weighted by molar-refractivity contribution is 6.24. The highest BCUT2D eigenvalue weighted by Crippen LogP contribution is 2.30. The molecule has 2 aromatic carbocycles. The molecule has 2 aromatic heterocycles. The summed E-state index contributed by atoms with van der Waals surface area (Å²) >= 11 is 0. The predicted molar refractivity (Wildman–Crippen MR) is 159 cm³/mol. The number of furan rings is 1. The fourth-order valence-electron chi connectivity index (χ4n) is 5.57. The Morgan fingerprint density at radius 1 is 1.00 bits per heavy atom. The molecule has 0 bridgehead atoms. The summed E-state index contributed by atoms with van der Waals surface area (Å²) in [6, 6.07) is 16.5. The zero-order valence-electron chi connectivity index (χ0n) is 24.2. The number of nitrogens with one attached hydrogen (secondary N) is 2. The molecule has 2 aliphatic rings. The number of amides is 5. The SMILES string of the molecule is O=C1CCC(N2C(=O)c3cccc(CCOCCOCC(=O)NC(c4cccnc4)c4cc5ccccc5o4)c3C2=O)C(=O)N1. The summed E-state index contributed by atoms with van der Waals surface area (Å²) in [6.07, 6.45) is 3.82. The third-order valence-electron chi connectivity index (χ3n) is 7.73.